The van der Waals surface area contributed by atoms with Crippen LogP contribution in [0.1, 0.15) is 90.9 Å². The van der Waals surface area contributed by atoms with Crippen molar-refractivity contribution in [2.24, 2.45) is 5.41 Å². The van der Waals surface area contributed by atoms with Crippen molar-refractivity contribution in [2.75, 3.05) is 7.05 Å². The summed E-state index contributed by atoms with van der Waals surface area (Å²) in [5.41, 5.74) is 0.594. The molecule has 1 nitrogen and oxygen atoms in total. The standard InChI is InChI=1S/C17H35N/c1-4-5-6-7-8-9-10-13-16(18-3)17(2)14-11-12-15-17/h16,18H,4-15H2,1-3H3. The molecule has 18 heavy (non-hydrogen) atoms. The molecule has 0 aromatic rings. The Kier molecular flexibility index (Phi) is 7.97. The highest BCUT2D eigenvalue weighted by Gasteiger charge is 2.35. The zero-order valence-electron chi connectivity index (χ0n) is 13.1. The van der Waals surface area contributed by atoms with Crippen molar-refractivity contribution in [1.82, 2.24) is 5.32 Å². The quantitative estimate of drug-likeness (QED) is 0.521. The lowest BCUT2D eigenvalue weighted by atomic mass is 9.78. The average molecular weight is 253 g/mol. The summed E-state index contributed by atoms with van der Waals surface area (Å²) >= 11 is 0. The van der Waals surface area contributed by atoms with E-state index >= 15 is 0 Å². The molecular formula is C17H35N. The lowest BCUT2D eigenvalue weighted by molar-refractivity contribution is 0.215. The van der Waals surface area contributed by atoms with Crippen molar-refractivity contribution >= 4 is 0 Å². The fourth-order valence-corrected chi connectivity index (χ4v) is 3.68. The highest BCUT2D eigenvalue weighted by molar-refractivity contribution is 4.90. The molecule has 0 aromatic carbocycles. The van der Waals surface area contributed by atoms with Crippen LogP contribution in [0.2, 0.25) is 0 Å². The van der Waals surface area contributed by atoms with Gasteiger partial charge >= 0.3 is 0 Å². The van der Waals surface area contributed by atoms with Crippen molar-refractivity contribution < 1.29 is 0 Å². The maximum atomic E-state index is 3.60. The van der Waals surface area contributed by atoms with E-state index in [2.05, 4.69) is 26.2 Å². The Morgan fingerprint density at radius 3 is 2.06 bits per heavy atom. The molecule has 0 aliphatic heterocycles. The smallest absolute Gasteiger partial charge is 0.0118 e. The summed E-state index contributed by atoms with van der Waals surface area (Å²) < 4.78 is 0. The number of unbranched alkanes of at least 4 members (excludes halogenated alkanes) is 6. The molecule has 0 aromatic heterocycles. The van der Waals surface area contributed by atoms with Crippen molar-refractivity contribution in [3.63, 3.8) is 0 Å². The van der Waals surface area contributed by atoms with Gasteiger partial charge in [-0.15, -0.1) is 0 Å². The molecule has 1 unspecified atom stereocenters. The molecule has 1 atom stereocenters. The normalized spacial score (nSPS) is 20.2. The van der Waals surface area contributed by atoms with E-state index < -0.39 is 0 Å². The van der Waals surface area contributed by atoms with Gasteiger partial charge in [-0.2, -0.15) is 0 Å². The van der Waals surface area contributed by atoms with E-state index in [-0.39, 0.29) is 0 Å². The summed E-state index contributed by atoms with van der Waals surface area (Å²) in [6.45, 7) is 4.79. The van der Waals surface area contributed by atoms with E-state index in [0.717, 1.165) is 6.04 Å². The molecule has 0 radical (unpaired) electrons. The van der Waals surface area contributed by atoms with E-state index in [1.54, 1.807) is 0 Å². The average Bonchev–Trinajstić information content (AvgIpc) is 2.80. The van der Waals surface area contributed by atoms with Crippen LogP contribution >= 0.6 is 0 Å². The summed E-state index contributed by atoms with van der Waals surface area (Å²) in [6, 6.07) is 0.760. The van der Waals surface area contributed by atoms with Crippen molar-refractivity contribution in [3.05, 3.63) is 0 Å². The summed E-state index contributed by atoms with van der Waals surface area (Å²) in [4.78, 5) is 0. The first-order chi connectivity index (χ1) is 8.73. The minimum Gasteiger partial charge on any atom is -0.316 e. The van der Waals surface area contributed by atoms with E-state index in [1.807, 2.05) is 0 Å². The Hall–Kier alpha value is -0.0400. The lowest BCUT2D eigenvalue weighted by Crippen LogP contribution is -2.40. The van der Waals surface area contributed by atoms with Gasteiger partial charge in [-0.05, 0) is 31.7 Å². The van der Waals surface area contributed by atoms with Gasteiger partial charge in [0, 0.05) is 6.04 Å². The van der Waals surface area contributed by atoms with E-state index in [1.165, 1.54) is 77.0 Å². The van der Waals surface area contributed by atoms with Crippen LogP contribution in [0.25, 0.3) is 0 Å². The van der Waals surface area contributed by atoms with Crippen molar-refractivity contribution in [1.29, 1.82) is 0 Å². The van der Waals surface area contributed by atoms with Gasteiger partial charge in [0.15, 0.2) is 0 Å². The highest BCUT2D eigenvalue weighted by atomic mass is 14.9. The lowest BCUT2D eigenvalue weighted by Gasteiger charge is -2.34. The molecule has 0 spiro atoms. The summed E-state index contributed by atoms with van der Waals surface area (Å²) in [7, 11) is 2.16. The molecule has 1 rings (SSSR count). The van der Waals surface area contributed by atoms with Crippen LogP contribution in [0.15, 0.2) is 0 Å². The molecule has 1 fully saturated rings. The SMILES string of the molecule is CCCCCCCCCC(NC)C1(C)CCCC1. The maximum absolute atomic E-state index is 3.60. The van der Waals surface area contributed by atoms with Gasteiger partial charge in [-0.1, -0.05) is 71.6 Å². The number of nitrogens with one attached hydrogen (secondary N) is 1. The molecule has 1 saturated carbocycles. The Balaban J connectivity index is 2.08. The van der Waals surface area contributed by atoms with Crippen molar-refractivity contribution in [2.45, 2.75) is 96.9 Å². The molecule has 0 saturated heterocycles. The number of hydrogen-bond acceptors (Lipinski definition) is 1. The third kappa shape index (κ3) is 5.30. The fourth-order valence-electron chi connectivity index (χ4n) is 3.68. The third-order valence-corrected chi connectivity index (χ3v) is 5.03. The topological polar surface area (TPSA) is 12.0 Å². The molecule has 1 aliphatic rings. The highest BCUT2D eigenvalue weighted by Crippen LogP contribution is 2.41. The minimum atomic E-state index is 0.594. The van der Waals surface area contributed by atoms with Crippen LogP contribution in [0.3, 0.4) is 0 Å². The predicted octanol–water partition coefficient (Wildman–Crippen LogP) is 5.30. The Morgan fingerprint density at radius 2 is 1.50 bits per heavy atom. The van der Waals surface area contributed by atoms with Gasteiger partial charge in [-0.25, -0.2) is 0 Å². The molecule has 1 N–H and O–H groups in total. The molecule has 0 bridgehead atoms. The third-order valence-electron chi connectivity index (χ3n) is 5.03. The molecular weight excluding hydrogens is 218 g/mol. The Labute approximate surface area is 115 Å². The van der Waals surface area contributed by atoms with Crippen LogP contribution in [0.5, 0.6) is 0 Å². The Bertz CT molecular complexity index is 194. The fraction of sp³-hybridized carbons (Fsp3) is 1.00. The minimum absolute atomic E-state index is 0.594. The monoisotopic (exact) mass is 253 g/mol. The molecule has 0 amide bonds. The molecule has 1 heteroatoms. The zero-order chi connectivity index (χ0) is 13.3. The largest absolute Gasteiger partial charge is 0.316 e. The van der Waals surface area contributed by atoms with Crippen LogP contribution in [-0.4, -0.2) is 13.1 Å². The maximum Gasteiger partial charge on any atom is 0.0118 e. The Morgan fingerprint density at radius 1 is 0.944 bits per heavy atom. The van der Waals surface area contributed by atoms with Gasteiger partial charge < -0.3 is 5.32 Å². The van der Waals surface area contributed by atoms with Crippen LogP contribution in [0.4, 0.5) is 0 Å². The first-order valence-electron chi connectivity index (χ1n) is 8.40. The first kappa shape index (κ1) is 16.0. The molecule has 108 valence electrons. The van der Waals surface area contributed by atoms with E-state index in [0.29, 0.717) is 5.41 Å². The second-order valence-corrected chi connectivity index (χ2v) is 6.61. The van der Waals surface area contributed by atoms with Gasteiger partial charge in [0.2, 0.25) is 0 Å². The zero-order valence-corrected chi connectivity index (χ0v) is 13.1. The predicted molar refractivity (Wildman–Crippen MR) is 82.0 cm³/mol. The second kappa shape index (κ2) is 8.96. The number of rotatable bonds is 10. The van der Waals surface area contributed by atoms with E-state index in [4.69, 9.17) is 0 Å². The summed E-state index contributed by atoms with van der Waals surface area (Å²) in [5, 5.41) is 3.60. The van der Waals surface area contributed by atoms with E-state index in [9.17, 15) is 0 Å². The first-order valence-corrected chi connectivity index (χ1v) is 8.40. The summed E-state index contributed by atoms with van der Waals surface area (Å²) in [5.74, 6) is 0. The van der Waals surface area contributed by atoms with Gasteiger partial charge in [0.05, 0.1) is 0 Å². The number of hydrogen-bond donors (Lipinski definition) is 1. The van der Waals surface area contributed by atoms with Gasteiger partial charge in [-0.3, -0.25) is 0 Å². The van der Waals surface area contributed by atoms with Crippen molar-refractivity contribution in [3.8, 4) is 0 Å². The second-order valence-electron chi connectivity index (χ2n) is 6.61. The molecule has 1 aliphatic carbocycles. The molecule has 0 heterocycles. The van der Waals surface area contributed by atoms with Gasteiger partial charge in [0.1, 0.15) is 0 Å². The van der Waals surface area contributed by atoms with Crippen LogP contribution in [-0.2, 0) is 0 Å². The van der Waals surface area contributed by atoms with Crippen LogP contribution < -0.4 is 5.32 Å². The van der Waals surface area contributed by atoms with Gasteiger partial charge in [0.25, 0.3) is 0 Å². The summed E-state index contributed by atoms with van der Waals surface area (Å²) in [6.07, 6.45) is 17.2. The van der Waals surface area contributed by atoms with Crippen LogP contribution in [0, 0.1) is 5.41 Å².